The van der Waals surface area contributed by atoms with Crippen molar-refractivity contribution >= 4 is 5.97 Å². The van der Waals surface area contributed by atoms with Crippen LogP contribution in [0.2, 0.25) is 0 Å². The first-order chi connectivity index (χ1) is 7.67. The van der Waals surface area contributed by atoms with Crippen LogP contribution in [0, 0.1) is 5.41 Å². The molecule has 0 unspecified atom stereocenters. The van der Waals surface area contributed by atoms with E-state index in [4.69, 9.17) is 0 Å². The van der Waals surface area contributed by atoms with Gasteiger partial charge in [0.25, 0.3) is 0 Å². The summed E-state index contributed by atoms with van der Waals surface area (Å²) in [5, 5.41) is 9.45. The first-order valence-electron chi connectivity index (χ1n) is 5.82. The molecular weight excluding hydrogens is 202 g/mol. The van der Waals surface area contributed by atoms with Gasteiger partial charge in [-0.2, -0.15) is 0 Å². The van der Waals surface area contributed by atoms with Crippen molar-refractivity contribution in [1.29, 1.82) is 0 Å². The van der Waals surface area contributed by atoms with E-state index in [9.17, 15) is 9.90 Å². The molecule has 1 heterocycles. The Balaban J connectivity index is 1.92. The Labute approximate surface area is 94.5 Å². The van der Waals surface area contributed by atoms with Crippen LogP contribution in [0.1, 0.15) is 37.8 Å². The molecule has 0 aromatic carbocycles. The second-order valence-electron chi connectivity index (χ2n) is 5.31. The van der Waals surface area contributed by atoms with Crippen molar-refractivity contribution < 1.29 is 9.90 Å². The normalized spacial score (nSPS) is 24.5. The van der Waals surface area contributed by atoms with Crippen molar-refractivity contribution in [3.05, 3.63) is 30.1 Å². The molecule has 1 spiro atoms. The van der Waals surface area contributed by atoms with Gasteiger partial charge >= 0.3 is 5.97 Å². The number of carbonyl (C=O) groups is 1. The molecule has 2 saturated carbocycles. The number of hydrogen-bond acceptors (Lipinski definition) is 2. The molecule has 0 amide bonds. The van der Waals surface area contributed by atoms with E-state index >= 15 is 0 Å². The van der Waals surface area contributed by atoms with Crippen molar-refractivity contribution in [3.8, 4) is 0 Å². The van der Waals surface area contributed by atoms with Crippen LogP contribution in [-0.4, -0.2) is 16.1 Å². The molecule has 3 rings (SSSR count). The summed E-state index contributed by atoms with van der Waals surface area (Å²) >= 11 is 0. The van der Waals surface area contributed by atoms with Gasteiger partial charge in [-0.3, -0.25) is 9.78 Å². The molecule has 1 N–H and O–H groups in total. The van der Waals surface area contributed by atoms with Gasteiger partial charge < -0.3 is 5.11 Å². The van der Waals surface area contributed by atoms with Crippen molar-refractivity contribution in [3.63, 3.8) is 0 Å². The number of aliphatic carboxylic acids is 1. The summed E-state index contributed by atoms with van der Waals surface area (Å²) in [5.74, 6) is -0.705. The monoisotopic (exact) mass is 217 g/mol. The Bertz CT molecular complexity index is 415. The third-order valence-corrected chi connectivity index (χ3v) is 4.33. The van der Waals surface area contributed by atoms with Crippen LogP contribution >= 0.6 is 0 Å². The molecule has 1 aromatic rings. The van der Waals surface area contributed by atoms with E-state index in [0.717, 1.165) is 18.5 Å². The van der Waals surface area contributed by atoms with Crippen molar-refractivity contribution in [2.24, 2.45) is 5.41 Å². The Kier molecular flexibility index (Phi) is 1.88. The fourth-order valence-corrected chi connectivity index (χ4v) is 3.35. The maximum absolute atomic E-state index is 11.5. The topological polar surface area (TPSA) is 50.2 Å². The molecule has 0 saturated heterocycles. The molecule has 0 atom stereocenters. The first-order valence-corrected chi connectivity index (χ1v) is 5.82. The summed E-state index contributed by atoms with van der Waals surface area (Å²) in [4.78, 5) is 15.7. The van der Waals surface area contributed by atoms with Crippen molar-refractivity contribution in [2.75, 3.05) is 0 Å². The average molecular weight is 217 g/mol. The van der Waals surface area contributed by atoms with Crippen LogP contribution < -0.4 is 0 Å². The van der Waals surface area contributed by atoms with E-state index in [1.165, 1.54) is 19.3 Å². The van der Waals surface area contributed by atoms with Gasteiger partial charge in [-0.25, -0.2) is 0 Å². The summed E-state index contributed by atoms with van der Waals surface area (Å²) in [5.41, 5.74) is 0.387. The highest BCUT2D eigenvalue weighted by molar-refractivity contribution is 5.82. The predicted molar refractivity (Wildman–Crippen MR) is 59.1 cm³/mol. The lowest BCUT2D eigenvalue weighted by Crippen LogP contribution is -2.57. The minimum absolute atomic E-state index is 0.343. The highest BCUT2D eigenvalue weighted by Gasteiger charge is 2.62. The Morgan fingerprint density at radius 1 is 1.31 bits per heavy atom. The van der Waals surface area contributed by atoms with E-state index in [2.05, 4.69) is 4.98 Å². The van der Waals surface area contributed by atoms with Gasteiger partial charge in [-0.15, -0.1) is 0 Å². The van der Waals surface area contributed by atoms with Gasteiger partial charge in [-0.1, -0.05) is 12.5 Å². The highest BCUT2D eigenvalue weighted by atomic mass is 16.4. The third kappa shape index (κ3) is 1.14. The lowest BCUT2D eigenvalue weighted by Gasteiger charge is -2.58. The standard InChI is InChI=1S/C13H15NO2/c15-11(16)13(10-4-1-2-7-14-10)8-12(9-13)5-3-6-12/h1-2,4,7H,3,5-6,8-9H2,(H,15,16). The highest BCUT2D eigenvalue weighted by Crippen LogP contribution is 2.64. The molecule has 1 aromatic heterocycles. The summed E-state index contributed by atoms with van der Waals surface area (Å²) in [7, 11) is 0. The van der Waals surface area contributed by atoms with E-state index in [1.54, 1.807) is 6.20 Å². The third-order valence-electron chi connectivity index (χ3n) is 4.33. The lowest BCUT2D eigenvalue weighted by molar-refractivity contribution is -0.160. The average Bonchev–Trinajstić information content (AvgIpc) is 2.15. The van der Waals surface area contributed by atoms with Crippen LogP contribution in [0.4, 0.5) is 0 Å². The molecule has 84 valence electrons. The Hall–Kier alpha value is -1.38. The van der Waals surface area contributed by atoms with E-state index in [0.29, 0.717) is 5.41 Å². The molecule has 16 heavy (non-hydrogen) atoms. The van der Waals surface area contributed by atoms with Crippen LogP contribution in [0.15, 0.2) is 24.4 Å². The molecule has 0 bridgehead atoms. The summed E-state index contributed by atoms with van der Waals surface area (Å²) in [6, 6.07) is 5.55. The first kappa shape index (κ1) is 9.82. The maximum atomic E-state index is 11.5. The molecule has 0 radical (unpaired) electrons. The number of aromatic nitrogens is 1. The van der Waals surface area contributed by atoms with E-state index < -0.39 is 11.4 Å². The lowest BCUT2D eigenvalue weighted by atomic mass is 9.44. The number of nitrogens with zero attached hydrogens (tertiary/aromatic N) is 1. The zero-order chi connectivity index (χ0) is 11.2. The number of hydrogen-bond donors (Lipinski definition) is 1. The fraction of sp³-hybridized carbons (Fsp3) is 0.538. The molecule has 2 aliphatic carbocycles. The fourth-order valence-electron chi connectivity index (χ4n) is 3.35. The summed E-state index contributed by atoms with van der Waals surface area (Å²) in [6.07, 6.45) is 6.92. The quantitative estimate of drug-likeness (QED) is 0.827. The Morgan fingerprint density at radius 2 is 2.06 bits per heavy atom. The zero-order valence-electron chi connectivity index (χ0n) is 9.15. The largest absolute Gasteiger partial charge is 0.481 e. The van der Waals surface area contributed by atoms with Crippen LogP contribution in [0.5, 0.6) is 0 Å². The molecule has 3 heteroatoms. The van der Waals surface area contributed by atoms with Crippen molar-refractivity contribution in [2.45, 2.75) is 37.5 Å². The summed E-state index contributed by atoms with van der Waals surface area (Å²) < 4.78 is 0. The number of carboxylic acid groups (broad SMARTS) is 1. The second kappa shape index (κ2) is 3.06. The molecule has 3 nitrogen and oxygen atoms in total. The number of rotatable bonds is 2. The van der Waals surface area contributed by atoms with Gasteiger partial charge in [0.2, 0.25) is 0 Å². The maximum Gasteiger partial charge on any atom is 0.315 e. The van der Waals surface area contributed by atoms with Gasteiger partial charge in [0.05, 0.1) is 5.69 Å². The smallest absolute Gasteiger partial charge is 0.315 e. The van der Waals surface area contributed by atoms with E-state index in [1.807, 2.05) is 18.2 Å². The number of pyridine rings is 1. The Morgan fingerprint density at radius 3 is 2.50 bits per heavy atom. The van der Waals surface area contributed by atoms with Gasteiger partial charge in [0.15, 0.2) is 0 Å². The van der Waals surface area contributed by atoms with Gasteiger partial charge in [-0.05, 0) is 43.2 Å². The minimum Gasteiger partial charge on any atom is -0.481 e. The second-order valence-corrected chi connectivity index (χ2v) is 5.31. The van der Waals surface area contributed by atoms with Crippen LogP contribution in [-0.2, 0) is 10.2 Å². The molecular formula is C13H15NO2. The molecule has 2 aliphatic rings. The predicted octanol–water partition coefficient (Wildman–Crippen LogP) is 2.37. The molecule has 2 fully saturated rings. The minimum atomic E-state index is -0.705. The summed E-state index contributed by atoms with van der Waals surface area (Å²) in [6.45, 7) is 0. The zero-order valence-corrected chi connectivity index (χ0v) is 9.15. The van der Waals surface area contributed by atoms with E-state index in [-0.39, 0.29) is 0 Å². The SMILES string of the molecule is O=C(O)C1(c2ccccn2)CC2(CCC2)C1. The van der Waals surface area contributed by atoms with Gasteiger partial charge in [0.1, 0.15) is 5.41 Å². The van der Waals surface area contributed by atoms with Crippen LogP contribution in [0.25, 0.3) is 0 Å². The molecule has 0 aliphatic heterocycles. The van der Waals surface area contributed by atoms with Crippen LogP contribution in [0.3, 0.4) is 0 Å². The van der Waals surface area contributed by atoms with Crippen molar-refractivity contribution in [1.82, 2.24) is 4.98 Å². The van der Waals surface area contributed by atoms with Gasteiger partial charge in [0, 0.05) is 6.20 Å². The number of carboxylic acids is 1.